The Bertz CT molecular complexity index is 985. The van der Waals surface area contributed by atoms with E-state index in [1.54, 1.807) is 12.1 Å². The fraction of sp³-hybridized carbons (Fsp3) is 0.389. The first-order chi connectivity index (χ1) is 13.9. The standard InChI is InChI=1S/C18H22ClN5O5/c1-3-7-29-16-12(19)8-11(9-14(16)28-4-2)10-20-23-15(25)6-5-13-17(26)21-18(27)24-22-13/h8-10H,3-7H2,1-2H3,(H,23,25)(H2,21,24,26,27)/b20-10+. The van der Waals surface area contributed by atoms with E-state index in [9.17, 15) is 14.4 Å². The third-order valence-corrected chi connectivity index (χ3v) is 3.84. The Hall–Kier alpha value is -3.14. The van der Waals surface area contributed by atoms with Crippen LogP contribution in [0.2, 0.25) is 5.02 Å². The summed E-state index contributed by atoms with van der Waals surface area (Å²) < 4.78 is 11.2. The van der Waals surface area contributed by atoms with Crippen molar-refractivity contribution >= 4 is 23.7 Å². The largest absolute Gasteiger partial charge is 0.490 e. The molecule has 1 heterocycles. The number of benzene rings is 1. The monoisotopic (exact) mass is 423 g/mol. The van der Waals surface area contributed by atoms with Crippen molar-refractivity contribution in [2.45, 2.75) is 33.1 Å². The number of hydrogen-bond acceptors (Lipinski definition) is 7. The van der Waals surface area contributed by atoms with E-state index in [1.165, 1.54) is 6.21 Å². The summed E-state index contributed by atoms with van der Waals surface area (Å²) in [5, 5.41) is 9.97. The molecular weight excluding hydrogens is 402 g/mol. The van der Waals surface area contributed by atoms with Crippen molar-refractivity contribution in [3.05, 3.63) is 49.3 Å². The van der Waals surface area contributed by atoms with E-state index in [2.05, 4.69) is 20.7 Å². The van der Waals surface area contributed by atoms with Crippen LogP contribution in [0.1, 0.15) is 37.9 Å². The minimum Gasteiger partial charge on any atom is -0.490 e. The Kier molecular flexibility index (Phi) is 8.41. The number of hydrogen-bond donors (Lipinski definition) is 3. The normalized spacial score (nSPS) is 10.9. The van der Waals surface area contributed by atoms with Gasteiger partial charge in [0.2, 0.25) is 5.91 Å². The summed E-state index contributed by atoms with van der Waals surface area (Å²) in [6.45, 7) is 4.78. The number of nitrogens with zero attached hydrogens (tertiary/aromatic N) is 2. The Morgan fingerprint density at radius 1 is 1.31 bits per heavy atom. The first-order valence-electron chi connectivity index (χ1n) is 9.03. The number of carbonyl (C=O) groups excluding carboxylic acids is 1. The van der Waals surface area contributed by atoms with E-state index in [0.717, 1.165) is 6.42 Å². The van der Waals surface area contributed by atoms with Gasteiger partial charge in [0, 0.05) is 12.8 Å². The Morgan fingerprint density at radius 2 is 2.10 bits per heavy atom. The molecule has 2 aromatic rings. The molecule has 1 aromatic heterocycles. The summed E-state index contributed by atoms with van der Waals surface area (Å²) in [7, 11) is 0. The first kappa shape index (κ1) is 22.2. The van der Waals surface area contributed by atoms with Gasteiger partial charge >= 0.3 is 5.69 Å². The van der Waals surface area contributed by atoms with Gasteiger partial charge in [-0.1, -0.05) is 18.5 Å². The molecule has 10 nitrogen and oxygen atoms in total. The fourth-order valence-electron chi connectivity index (χ4n) is 2.28. The van der Waals surface area contributed by atoms with Gasteiger partial charge in [0.05, 0.1) is 24.5 Å². The number of ether oxygens (including phenoxy) is 2. The minimum atomic E-state index is -0.705. The van der Waals surface area contributed by atoms with E-state index >= 15 is 0 Å². The molecule has 0 aliphatic carbocycles. The fourth-order valence-corrected chi connectivity index (χ4v) is 2.55. The molecule has 0 radical (unpaired) electrons. The lowest BCUT2D eigenvalue weighted by atomic mass is 10.2. The van der Waals surface area contributed by atoms with Crippen LogP contribution in [0.5, 0.6) is 11.5 Å². The van der Waals surface area contributed by atoms with Crippen LogP contribution in [-0.2, 0) is 11.2 Å². The van der Waals surface area contributed by atoms with Crippen LogP contribution in [-0.4, -0.2) is 40.5 Å². The number of rotatable bonds is 10. The third kappa shape index (κ3) is 6.75. The molecule has 0 bridgehead atoms. The number of amides is 1. The summed E-state index contributed by atoms with van der Waals surface area (Å²) >= 11 is 6.27. The predicted octanol–water partition coefficient (Wildman–Crippen LogP) is 1.38. The van der Waals surface area contributed by atoms with E-state index in [1.807, 2.05) is 18.8 Å². The van der Waals surface area contributed by atoms with Crippen LogP contribution in [0.25, 0.3) is 0 Å². The molecule has 0 aliphatic rings. The summed E-state index contributed by atoms with van der Waals surface area (Å²) in [6.07, 6.45) is 2.27. The summed E-state index contributed by atoms with van der Waals surface area (Å²) in [5.74, 6) is 0.535. The smallest absolute Gasteiger partial charge is 0.342 e. The van der Waals surface area contributed by atoms with E-state index in [0.29, 0.717) is 35.3 Å². The van der Waals surface area contributed by atoms with Crippen molar-refractivity contribution in [3.8, 4) is 11.5 Å². The van der Waals surface area contributed by atoms with Gasteiger partial charge in [-0.25, -0.2) is 15.3 Å². The summed E-state index contributed by atoms with van der Waals surface area (Å²) in [4.78, 5) is 36.4. The summed E-state index contributed by atoms with van der Waals surface area (Å²) in [6, 6.07) is 3.36. The number of halogens is 1. The molecule has 1 amide bonds. The quantitative estimate of drug-likeness (QED) is 0.389. The Labute approximate surface area is 171 Å². The molecule has 11 heteroatoms. The molecule has 0 fully saturated rings. The molecule has 0 atom stereocenters. The number of aromatic amines is 2. The Balaban J connectivity index is 1.98. The van der Waals surface area contributed by atoms with E-state index in [-0.39, 0.29) is 18.5 Å². The zero-order chi connectivity index (χ0) is 21.2. The number of nitrogens with one attached hydrogen (secondary N) is 3. The van der Waals surface area contributed by atoms with Crippen LogP contribution in [0.4, 0.5) is 0 Å². The highest BCUT2D eigenvalue weighted by Crippen LogP contribution is 2.36. The SMILES string of the molecule is CCCOc1c(Cl)cc(/C=N/NC(=O)CCc2n[nH]c(=O)[nH]c2=O)cc1OCC. The van der Waals surface area contributed by atoms with Gasteiger partial charge in [0.1, 0.15) is 5.69 Å². The zero-order valence-electron chi connectivity index (χ0n) is 16.1. The van der Waals surface area contributed by atoms with Crippen molar-refractivity contribution < 1.29 is 14.3 Å². The van der Waals surface area contributed by atoms with Crippen molar-refractivity contribution in [1.82, 2.24) is 20.6 Å². The highest BCUT2D eigenvalue weighted by Gasteiger charge is 2.12. The topological polar surface area (TPSA) is 139 Å². The number of aromatic nitrogens is 3. The van der Waals surface area contributed by atoms with Gasteiger partial charge in [0.25, 0.3) is 5.56 Å². The molecule has 0 saturated heterocycles. The van der Waals surface area contributed by atoms with Crippen LogP contribution >= 0.6 is 11.6 Å². The lowest BCUT2D eigenvalue weighted by Crippen LogP contribution is -2.28. The second-order valence-corrected chi connectivity index (χ2v) is 6.27. The maximum atomic E-state index is 11.9. The van der Waals surface area contributed by atoms with Gasteiger partial charge in [-0.2, -0.15) is 10.2 Å². The molecule has 1 aromatic carbocycles. The molecule has 0 aliphatic heterocycles. The molecule has 0 spiro atoms. The van der Waals surface area contributed by atoms with Gasteiger partial charge in [-0.15, -0.1) is 0 Å². The predicted molar refractivity (Wildman–Crippen MR) is 108 cm³/mol. The van der Waals surface area contributed by atoms with Gasteiger partial charge < -0.3 is 9.47 Å². The van der Waals surface area contributed by atoms with Gasteiger partial charge in [0.15, 0.2) is 11.5 Å². The van der Waals surface area contributed by atoms with E-state index < -0.39 is 17.2 Å². The maximum Gasteiger partial charge on any atom is 0.342 e. The van der Waals surface area contributed by atoms with E-state index in [4.69, 9.17) is 21.1 Å². The first-order valence-corrected chi connectivity index (χ1v) is 9.41. The zero-order valence-corrected chi connectivity index (χ0v) is 16.8. The average Bonchev–Trinajstić information content (AvgIpc) is 2.67. The molecular formula is C18H22ClN5O5. The minimum absolute atomic E-state index is 0.0335. The van der Waals surface area contributed by atoms with Crippen molar-refractivity contribution in [2.24, 2.45) is 5.10 Å². The number of carbonyl (C=O) groups is 1. The van der Waals surface area contributed by atoms with Crippen molar-refractivity contribution in [3.63, 3.8) is 0 Å². The van der Waals surface area contributed by atoms with Crippen molar-refractivity contribution in [2.75, 3.05) is 13.2 Å². The highest BCUT2D eigenvalue weighted by atomic mass is 35.5. The molecule has 2 rings (SSSR count). The molecule has 0 saturated carbocycles. The van der Waals surface area contributed by atoms with Crippen LogP contribution in [0.3, 0.4) is 0 Å². The molecule has 3 N–H and O–H groups in total. The summed E-state index contributed by atoms with van der Waals surface area (Å²) in [5.41, 5.74) is 1.69. The lowest BCUT2D eigenvalue weighted by molar-refractivity contribution is -0.121. The number of hydrazone groups is 1. The lowest BCUT2D eigenvalue weighted by Gasteiger charge is -2.13. The molecule has 156 valence electrons. The molecule has 29 heavy (non-hydrogen) atoms. The van der Waals surface area contributed by atoms with Gasteiger partial charge in [-0.3, -0.25) is 14.6 Å². The third-order valence-electron chi connectivity index (χ3n) is 3.56. The van der Waals surface area contributed by atoms with Gasteiger partial charge in [-0.05, 0) is 31.0 Å². The van der Waals surface area contributed by atoms with Crippen LogP contribution in [0.15, 0.2) is 26.8 Å². The maximum absolute atomic E-state index is 11.9. The van der Waals surface area contributed by atoms with Crippen LogP contribution in [0, 0.1) is 0 Å². The van der Waals surface area contributed by atoms with Crippen molar-refractivity contribution in [1.29, 1.82) is 0 Å². The second-order valence-electron chi connectivity index (χ2n) is 5.86. The Morgan fingerprint density at radius 3 is 2.79 bits per heavy atom. The number of aryl methyl sites for hydroxylation is 1. The van der Waals surface area contributed by atoms with Crippen LogP contribution < -0.4 is 26.1 Å². The average molecular weight is 424 g/mol. The second kappa shape index (κ2) is 11.0. The number of H-pyrrole nitrogens is 2. The molecule has 0 unspecified atom stereocenters. The highest BCUT2D eigenvalue weighted by molar-refractivity contribution is 6.32.